The summed E-state index contributed by atoms with van der Waals surface area (Å²) in [5.41, 5.74) is 5.52. The average Bonchev–Trinajstić information content (AvgIpc) is 2.74. The smallest absolute Gasteiger partial charge is 0.110 e. The highest BCUT2D eigenvalue weighted by molar-refractivity contribution is 9.10. The molecule has 1 fully saturated rings. The summed E-state index contributed by atoms with van der Waals surface area (Å²) in [5, 5.41) is 10.2. The van der Waals surface area contributed by atoms with E-state index in [1.54, 1.807) is 18.0 Å². The van der Waals surface area contributed by atoms with E-state index in [-0.39, 0.29) is 0 Å². The first-order valence-electron chi connectivity index (χ1n) is 6.09. The van der Waals surface area contributed by atoms with Gasteiger partial charge in [-0.1, -0.05) is 6.42 Å². The maximum Gasteiger partial charge on any atom is 0.110 e. The molecule has 5 heteroatoms. The van der Waals surface area contributed by atoms with Gasteiger partial charge in [-0.25, -0.2) is 4.98 Å². The van der Waals surface area contributed by atoms with Crippen LogP contribution < -0.4 is 5.73 Å². The molecule has 18 heavy (non-hydrogen) atoms. The summed E-state index contributed by atoms with van der Waals surface area (Å²) in [6.07, 6.45) is 5.77. The Balaban J connectivity index is 1.86. The quantitative estimate of drug-likeness (QED) is 0.862. The van der Waals surface area contributed by atoms with Gasteiger partial charge in [0, 0.05) is 10.7 Å². The van der Waals surface area contributed by atoms with Crippen LogP contribution >= 0.6 is 27.7 Å². The lowest BCUT2D eigenvalue weighted by Crippen LogP contribution is -2.41. The Kier molecular flexibility index (Phi) is 4.66. The molecular weight excluding hydrogens is 310 g/mol. The van der Waals surface area contributed by atoms with E-state index >= 15 is 0 Å². The van der Waals surface area contributed by atoms with Crippen LogP contribution in [0.5, 0.6) is 0 Å². The normalized spacial score (nSPS) is 27.1. The standard InChI is InChI=1S/C13H16BrN3S/c14-11-4-2-7-17-12(11)18-8-5-10-3-1-6-13(10,16)9-15/h2,4,7,10H,1,3,5-6,8,16H2. The van der Waals surface area contributed by atoms with E-state index in [0.717, 1.165) is 40.9 Å². The molecule has 3 nitrogen and oxygen atoms in total. The first-order valence-corrected chi connectivity index (χ1v) is 7.87. The summed E-state index contributed by atoms with van der Waals surface area (Å²) in [6, 6.07) is 6.20. The molecule has 0 aromatic carbocycles. The molecule has 1 heterocycles. The van der Waals surface area contributed by atoms with Crippen molar-refractivity contribution in [1.29, 1.82) is 5.26 Å². The van der Waals surface area contributed by atoms with Crippen molar-refractivity contribution in [3.8, 4) is 6.07 Å². The van der Waals surface area contributed by atoms with Gasteiger partial charge in [-0.05, 0) is 59.0 Å². The molecule has 2 atom stereocenters. The van der Waals surface area contributed by atoms with Crippen LogP contribution in [0.2, 0.25) is 0 Å². The topological polar surface area (TPSA) is 62.7 Å². The Labute approximate surface area is 120 Å². The molecule has 0 radical (unpaired) electrons. The largest absolute Gasteiger partial charge is 0.313 e. The average molecular weight is 326 g/mol. The van der Waals surface area contributed by atoms with E-state index in [1.807, 2.05) is 12.1 Å². The molecule has 1 aromatic rings. The third-order valence-corrected chi connectivity index (χ3v) is 5.45. The van der Waals surface area contributed by atoms with Crippen LogP contribution in [-0.4, -0.2) is 16.3 Å². The number of hydrogen-bond acceptors (Lipinski definition) is 4. The number of aromatic nitrogens is 1. The van der Waals surface area contributed by atoms with E-state index in [9.17, 15) is 0 Å². The van der Waals surface area contributed by atoms with Crippen molar-refractivity contribution in [2.24, 2.45) is 11.7 Å². The lowest BCUT2D eigenvalue weighted by Gasteiger charge is -2.23. The molecule has 0 bridgehead atoms. The number of nitrogens with two attached hydrogens (primary N) is 1. The number of halogens is 1. The number of rotatable bonds is 4. The Morgan fingerprint density at radius 2 is 2.50 bits per heavy atom. The molecule has 0 spiro atoms. The summed E-state index contributed by atoms with van der Waals surface area (Å²) < 4.78 is 1.03. The minimum absolute atomic E-state index is 0.331. The monoisotopic (exact) mass is 325 g/mol. The van der Waals surface area contributed by atoms with Crippen molar-refractivity contribution in [2.45, 2.75) is 36.2 Å². The maximum absolute atomic E-state index is 9.15. The van der Waals surface area contributed by atoms with Crippen molar-refractivity contribution in [1.82, 2.24) is 4.98 Å². The van der Waals surface area contributed by atoms with Crippen LogP contribution in [0.4, 0.5) is 0 Å². The zero-order chi connectivity index (χ0) is 13.0. The zero-order valence-electron chi connectivity index (χ0n) is 10.1. The van der Waals surface area contributed by atoms with Crippen molar-refractivity contribution < 1.29 is 0 Å². The van der Waals surface area contributed by atoms with Crippen molar-refractivity contribution in [3.63, 3.8) is 0 Å². The number of hydrogen-bond donors (Lipinski definition) is 1. The van der Waals surface area contributed by atoms with Crippen LogP contribution in [0.15, 0.2) is 27.8 Å². The van der Waals surface area contributed by atoms with E-state index in [1.165, 1.54) is 0 Å². The van der Waals surface area contributed by atoms with Crippen molar-refractivity contribution in [3.05, 3.63) is 22.8 Å². The molecule has 0 saturated heterocycles. The number of nitrogens with zero attached hydrogens (tertiary/aromatic N) is 2. The summed E-state index contributed by atoms with van der Waals surface area (Å²) in [4.78, 5) is 4.32. The van der Waals surface area contributed by atoms with E-state index in [2.05, 4.69) is 27.0 Å². The summed E-state index contributed by atoms with van der Waals surface area (Å²) in [5.74, 6) is 1.29. The van der Waals surface area contributed by atoms with Gasteiger partial charge in [0.15, 0.2) is 0 Å². The van der Waals surface area contributed by atoms with Crippen LogP contribution in [0.1, 0.15) is 25.7 Å². The van der Waals surface area contributed by atoms with Crippen LogP contribution in [0.25, 0.3) is 0 Å². The first kappa shape index (κ1) is 13.9. The Bertz CT molecular complexity index is 460. The lowest BCUT2D eigenvalue weighted by atomic mass is 9.88. The zero-order valence-corrected chi connectivity index (χ0v) is 12.5. The molecule has 1 aliphatic carbocycles. The minimum atomic E-state index is -0.595. The van der Waals surface area contributed by atoms with Crippen LogP contribution in [0.3, 0.4) is 0 Å². The second-order valence-electron chi connectivity index (χ2n) is 4.67. The maximum atomic E-state index is 9.15. The van der Waals surface area contributed by atoms with Crippen LogP contribution in [-0.2, 0) is 0 Å². The molecule has 0 aliphatic heterocycles. The summed E-state index contributed by atoms with van der Waals surface area (Å²) in [6.45, 7) is 0. The lowest BCUT2D eigenvalue weighted by molar-refractivity contribution is 0.389. The van der Waals surface area contributed by atoms with Gasteiger partial charge < -0.3 is 5.73 Å². The van der Waals surface area contributed by atoms with Crippen molar-refractivity contribution >= 4 is 27.7 Å². The molecule has 0 amide bonds. The van der Waals surface area contributed by atoms with Gasteiger partial charge in [-0.3, -0.25) is 0 Å². The number of thioether (sulfide) groups is 1. The van der Waals surface area contributed by atoms with E-state index < -0.39 is 5.54 Å². The highest BCUT2D eigenvalue weighted by Crippen LogP contribution is 2.37. The minimum Gasteiger partial charge on any atom is -0.313 e. The van der Waals surface area contributed by atoms with Gasteiger partial charge >= 0.3 is 0 Å². The predicted octanol–water partition coefficient (Wildman–Crippen LogP) is 3.35. The highest BCUT2D eigenvalue weighted by atomic mass is 79.9. The molecule has 1 saturated carbocycles. The predicted molar refractivity (Wildman–Crippen MR) is 77.2 cm³/mol. The fraction of sp³-hybridized carbons (Fsp3) is 0.538. The second kappa shape index (κ2) is 6.05. The van der Waals surface area contributed by atoms with Gasteiger partial charge in [-0.15, -0.1) is 11.8 Å². The molecule has 1 aromatic heterocycles. The van der Waals surface area contributed by atoms with Crippen LogP contribution in [0, 0.1) is 17.2 Å². The summed E-state index contributed by atoms with van der Waals surface area (Å²) >= 11 is 5.21. The first-order chi connectivity index (χ1) is 8.65. The highest BCUT2D eigenvalue weighted by Gasteiger charge is 2.39. The van der Waals surface area contributed by atoms with Gasteiger partial charge in [-0.2, -0.15) is 5.26 Å². The molecule has 96 valence electrons. The fourth-order valence-corrected chi connectivity index (χ4v) is 3.96. The Morgan fingerprint density at radius 1 is 1.67 bits per heavy atom. The molecular formula is C13H16BrN3S. The van der Waals surface area contributed by atoms with Crippen molar-refractivity contribution in [2.75, 3.05) is 5.75 Å². The third kappa shape index (κ3) is 3.05. The molecule has 2 rings (SSSR count). The van der Waals surface area contributed by atoms with Gasteiger partial charge in [0.1, 0.15) is 10.6 Å². The second-order valence-corrected chi connectivity index (χ2v) is 6.61. The van der Waals surface area contributed by atoms with Gasteiger partial charge in [0.2, 0.25) is 0 Å². The molecule has 1 aliphatic rings. The number of pyridine rings is 1. The molecule has 2 N–H and O–H groups in total. The fourth-order valence-electron chi connectivity index (χ4n) is 2.43. The third-order valence-electron chi connectivity index (χ3n) is 3.51. The van der Waals surface area contributed by atoms with Gasteiger partial charge in [0.05, 0.1) is 6.07 Å². The Hall–Kier alpha value is -0.570. The van der Waals surface area contributed by atoms with E-state index in [4.69, 9.17) is 11.0 Å². The Morgan fingerprint density at radius 3 is 3.22 bits per heavy atom. The molecule has 2 unspecified atom stereocenters. The SMILES string of the molecule is N#CC1(N)CCCC1CCSc1ncccc1Br. The number of nitriles is 1. The van der Waals surface area contributed by atoms with E-state index in [0.29, 0.717) is 5.92 Å². The van der Waals surface area contributed by atoms with Gasteiger partial charge in [0.25, 0.3) is 0 Å². The summed E-state index contributed by atoms with van der Waals surface area (Å²) in [7, 11) is 0.